The molecule has 0 aliphatic heterocycles. The molecule has 122 valence electrons. The molecule has 4 heteroatoms. The molecule has 0 spiro atoms. The normalized spacial score (nSPS) is 13.3. The number of carbonyl (C=O) groups excluding carboxylic acids is 1. The Hall–Kier alpha value is -2.20. The fourth-order valence-electron chi connectivity index (χ4n) is 2.60. The molecule has 23 heavy (non-hydrogen) atoms. The summed E-state index contributed by atoms with van der Waals surface area (Å²) in [7, 11) is 0. The number of hydrogen-bond donors (Lipinski definition) is 2. The number of aromatic nitrogens is 1. The average molecular weight is 312 g/mol. The molecule has 1 heterocycles. The van der Waals surface area contributed by atoms with Crippen LogP contribution in [0.3, 0.4) is 0 Å². The molecule has 0 saturated heterocycles. The topological polar surface area (TPSA) is 62.2 Å². The largest absolute Gasteiger partial charge is 0.385 e. The van der Waals surface area contributed by atoms with Crippen molar-refractivity contribution in [1.82, 2.24) is 10.3 Å². The van der Waals surface area contributed by atoms with Crippen molar-refractivity contribution in [3.05, 3.63) is 65.5 Å². The Morgan fingerprint density at radius 3 is 2.65 bits per heavy atom. The molecule has 4 nitrogen and oxygen atoms in total. The van der Waals surface area contributed by atoms with Crippen LogP contribution in [0.4, 0.5) is 0 Å². The van der Waals surface area contributed by atoms with Gasteiger partial charge in [0.25, 0.3) is 0 Å². The number of hydrogen-bond acceptors (Lipinski definition) is 3. The Morgan fingerprint density at radius 1 is 1.26 bits per heavy atom. The van der Waals surface area contributed by atoms with Crippen molar-refractivity contribution in [2.45, 2.75) is 38.7 Å². The van der Waals surface area contributed by atoms with Gasteiger partial charge in [0.2, 0.25) is 5.91 Å². The molecule has 2 aromatic rings. The number of nitrogens with one attached hydrogen (secondary N) is 1. The van der Waals surface area contributed by atoms with Crippen LogP contribution in [0, 0.1) is 6.92 Å². The summed E-state index contributed by atoms with van der Waals surface area (Å²) in [6, 6.07) is 11.3. The highest BCUT2D eigenvalue weighted by Gasteiger charge is 2.29. The first kappa shape index (κ1) is 17.2. The molecule has 2 N–H and O–H groups in total. The van der Waals surface area contributed by atoms with Gasteiger partial charge in [-0.15, -0.1) is 0 Å². The van der Waals surface area contributed by atoms with Crippen LogP contribution in [0.15, 0.2) is 48.8 Å². The molecule has 1 atom stereocenters. The highest BCUT2D eigenvalue weighted by molar-refractivity contribution is 5.77. The van der Waals surface area contributed by atoms with Crippen molar-refractivity contribution in [2.24, 2.45) is 0 Å². The summed E-state index contributed by atoms with van der Waals surface area (Å²) in [5, 5.41) is 13.6. The number of aliphatic hydroxyl groups is 1. The van der Waals surface area contributed by atoms with Crippen molar-refractivity contribution >= 4 is 5.91 Å². The summed E-state index contributed by atoms with van der Waals surface area (Å²) in [4.78, 5) is 16.3. The minimum Gasteiger partial charge on any atom is -0.385 e. The number of amides is 1. The smallest absolute Gasteiger partial charge is 0.223 e. The molecular weight excluding hydrogens is 288 g/mol. The van der Waals surface area contributed by atoms with E-state index in [0.29, 0.717) is 13.0 Å². The lowest BCUT2D eigenvalue weighted by atomic mass is 9.87. The first-order valence-corrected chi connectivity index (χ1v) is 7.99. The van der Waals surface area contributed by atoms with Gasteiger partial charge >= 0.3 is 0 Å². The van der Waals surface area contributed by atoms with Gasteiger partial charge in [-0.3, -0.25) is 9.78 Å². The van der Waals surface area contributed by atoms with Gasteiger partial charge in [-0.1, -0.05) is 37.3 Å². The SMILES string of the molecule is CCC(O)(CC(=O)NCCc1cnccc1C)c1ccccc1. The first-order valence-electron chi connectivity index (χ1n) is 7.99. The summed E-state index contributed by atoms with van der Waals surface area (Å²) in [6.07, 6.45) is 4.89. The van der Waals surface area contributed by atoms with E-state index in [-0.39, 0.29) is 12.3 Å². The van der Waals surface area contributed by atoms with Gasteiger partial charge in [0, 0.05) is 18.9 Å². The van der Waals surface area contributed by atoms with Gasteiger partial charge in [-0.05, 0) is 42.5 Å². The molecule has 1 aromatic heterocycles. The van der Waals surface area contributed by atoms with Crippen LogP contribution in [0.25, 0.3) is 0 Å². The summed E-state index contributed by atoms with van der Waals surface area (Å²) in [5.41, 5.74) is 1.96. The van der Waals surface area contributed by atoms with Crippen LogP contribution < -0.4 is 5.32 Å². The Kier molecular flexibility index (Phi) is 5.88. The van der Waals surface area contributed by atoms with Gasteiger partial charge in [0.15, 0.2) is 0 Å². The van der Waals surface area contributed by atoms with E-state index < -0.39 is 5.60 Å². The van der Waals surface area contributed by atoms with Crippen LogP contribution >= 0.6 is 0 Å². The third-order valence-electron chi connectivity index (χ3n) is 4.21. The number of aryl methyl sites for hydroxylation is 1. The zero-order valence-corrected chi connectivity index (χ0v) is 13.7. The third-order valence-corrected chi connectivity index (χ3v) is 4.21. The predicted octanol–water partition coefficient (Wildman–Crippen LogP) is 2.74. The second kappa shape index (κ2) is 7.88. The van der Waals surface area contributed by atoms with Gasteiger partial charge in [-0.2, -0.15) is 0 Å². The molecule has 0 bridgehead atoms. The molecule has 1 amide bonds. The quantitative estimate of drug-likeness (QED) is 0.826. The van der Waals surface area contributed by atoms with E-state index in [4.69, 9.17) is 0 Å². The Labute approximate surface area is 137 Å². The van der Waals surface area contributed by atoms with Gasteiger partial charge < -0.3 is 10.4 Å². The zero-order chi connectivity index (χ0) is 16.7. The van der Waals surface area contributed by atoms with Gasteiger partial charge in [0.05, 0.1) is 12.0 Å². The number of nitrogens with zero attached hydrogens (tertiary/aromatic N) is 1. The van der Waals surface area contributed by atoms with Crippen molar-refractivity contribution in [1.29, 1.82) is 0 Å². The maximum absolute atomic E-state index is 12.2. The van der Waals surface area contributed by atoms with E-state index in [2.05, 4.69) is 10.3 Å². The van der Waals surface area contributed by atoms with Crippen molar-refractivity contribution in [3.8, 4) is 0 Å². The predicted molar refractivity (Wildman–Crippen MR) is 90.9 cm³/mol. The standard InChI is InChI=1S/C19H24N2O2/c1-3-19(23,17-7-5-4-6-8-17)13-18(22)21-12-10-16-14-20-11-9-15(16)2/h4-9,11,14,23H,3,10,12-13H2,1-2H3,(H,21,22). The fourth-order valence-corrected chi connectivity index (χ4v) is 2.60. The van der Waals surface area contributed by atoms with Gasteiger partial charge in [-0.25, -0.2) is 0 Å². The van der Waals surface area contributed by atoms with Crippen LogP contribution in [0.2, 0.25) is 0 Å². The molecule has 2 rings (SSSR count). The van der Waals surface area contributed by atoms with E-state index in [1.54, 1.807) is 6.20 Å². The number of rotatable bonds is 7. The van der Waals surface area contributed by atoms with Crippen molar-refractivity contribution < 1.29 is 9.90 Å². The highest BCUT2D eigenvalue weighted by Crippen LogP contribution is 2.28. The monoisotopic (exact) mass is 312 g/mol. The van der Waals surface area contributed by atoms with Crippen LogP contribution in [0.5, 0.6) is 0 Å². The van der Waals surface area contributed by atoms with E-state index in [1.165, 1.54) is 5.56 Å². The lowest BCUT2D eigenvalue weighted by Gasteiger charge is -2.26. The summed E-state index contributed by atoms with van der Waals surface area (Å²) >= 11 is 0. The van der Waals surface area contributed by atoms with Crippen LogP contribution in [0.1, 0.15) is 36.5 Å². The van der Waals surface area contributed by atoms with Crippen LogP contribution in [-0.4, -0.2) is 22.5 Å². The first-order chi connectivity index (χ1) is 11.0. The molecule has 1 unspecified atom stereocenters. The minimum atomic E-state index is -1.12. The number of pyridine rings is 1. The molecular formula is C19H24N2O2. The maximum atomic E-state index is 12.2. The fraction of sp³-hybridized carbons (Fsp3) is 0.368. The molecule has 1 aromatic carbocycles. The van der Waals surface area contributed by atoms with Gasteiger partial charge in [0.1, 0.15) is 0 Å². The molecule has 0 aliphatic carbocycles. The van der Waals surface area contributed by atoms with Crippen molar-refractivity contribution in [2.75, 3.05) is 6.54 Å². The Balaban J connectivity index is 1.90. The Bertz CT molecular complexity index is 643. The molecule has 0 saturated carbocycles. The van der Waals surface area contributed by atoms with E-state index in [0.717, 1.165) is 17.5 Å². The number of benzene rings is 1. The highest BCUT2D eigenvalue weighted by atomic mass is 16.3. The summed E-state index contributed by atoms with van der Waals surface area (Å²) < 4.78 is 0. The lowest BCUT2D eigenvalue weighted by molar-refractivity contribution is -0.126. The van der Waals surface area contributed by atoms with Crippen LogP contribution in [-0.2, 0) is 16.8 Å². The van der Waals surface area contributed by atoms with E-state index >= 15 is 0 Å². The van der Waals surface area contributed by atoms with E-state index in [1.807, 2.05) is 56.4 Å². The molecule has 0 aliphatic rings. The summed E-state index contributed by atoms with van der Waals surface area (Å²) in [5.74, 6) is -0.139. The maximum Gasteiger partial charge on any atom is 0.223 e. The van der Waals surface area contributed by atoms with E-state index in [9.17, 15) is 9.90 Å². The Morgan fingerprint density at radius 2 is 2.00 bits per heavy atom. The van der Waals surface area contributed by atoms with Crippen molar-refractivity contribution in [3.63, 3.8) is 0 Å². The third kappa shape index (κ3) is 4.63. The summed E-state index contributed by atoms with van der Waals surface area (Å²) in [6.45, 7) is 4.46. The molecule has 0 fully saturated rings. The number of carbonyl (C=O) groups is 1. The second-order valence-electron chi connectivity index (χ2n) is 5.83. The average Bonchev–Trinajstić information content (AvgIpc) is 2.57. The lowest BCUT2D eigenvalue weighted by Crippen LogP contribution is -2.35. The zero-order valence-electron chi connectivity index (χ0n) is 13.7. The minimum absolute atomic E-state index is 0.0690. The molecule has 0 radical (unpaired) electrons. The second-order valence-corrected chi connectivity index (χ2v) is 5.83.